The van der Waals surface area contributed by atoms with Crippen LogP contribution in [0.4, 0.5) is 0 Å². The molecule has 1 saturated heterocycles. The number of nitrogens with one attached hydrogen (secondary N) is 1. The molecule has 5 nitrogen and oxygen atoms in total. The van der Waals surface area contributed by atoms with Crippen molar-refractivity contribution >= 4 is 5.65 Å². The highest BCUT2D eigenvalue weighted by atomic mass is 16.1. The average Bonchev–Trinajstić information content (AvgIpc) is 2.88. The summed E-state index contributed by atoms with van der Waals surface area (Å²) in [5, 5.41) is 2.87. The van der Waals surface area contributed by atoms with Crippen LogP contribution in [0.15, 0.2) is 35.8 Å². The van der Waals surface area contributed by atoms with E-state index in [-0.39, 0.29) is 11.6 Å². The molecule has 3 rings (SSSR count). The van der Waals surface area contributed by atoms with Crippen LogP contribution < -0.4 is 5.56 Å². The SMILES string of the molecule is C=CCN1CCCCC1c1cc(=O)n2[nH]ccc2n1. The minimum Gasteiger partial charge on any atom is -0.297 e. The molecule has 0 radical (unpaired) electrons. The van der Waals surface area contributed by atoms with Gasteiger partial charge in [-0.1, -0.05) is 12.5 Å². The summed E-state index contributed by atoms with van der Waals surface area (Å²) in [5.41, 5.74) is 1.52. The number of rotatable bonds is 3. The van der Waals surface area contributed by atoms with Crippen molar-refractivity contribution in [3.63, 3.8) is 0 Å². The Labute approximate surface area is 111 Å². The lowest BCUT2D eigenvalue weighted by molar-refractivity contribution is 0.163. The van der Waals surface area contributed by atoms with E-state index in [0.717, 1.165) is 25.2 Å². The van der Waals surface area contributed by atoms with Crippen LogP contribution in [0.5, 0.6) is 0 Å². The van der Waals surface area contributed by atoms with Crippen LogP contribution in [-0.4, -0.2) is 32.6 Å². The average molecular weight is 258 g/mol. The molecule has 1 unspecified atom stereocenters. The topological polar surface area (TPSA) is 53.4 Å². The molecule has 2 aromatic heterocycles. The summed E-state index contributed by atoms with van der Waals surface area (Å²) < 4.78 is 1.46. The second kappa shape index (κ2) is 5.01. The highest BCUT2D eigenvalue weighted by Crippen LogP contribution is 2.29. The Balaban J connectivity index is 2.01. The molecule has 1 aliphatic rings. The predicted octanol–water partition coefficient (Wildman–Crippen LogP) is 1.74. The van der Waals surface area contributed by atoms with Gasteiger partial charge in [0.2, 0.25) is 0 Å². The van der Waals surface area contributed by atoms with E-state index in [1.54, 1.807) is 12.3 Å². The summed E-state index contributed by atoms with van der Waals surface area (Å²) in [6.45, 7) is 5.70. The van der Waals surface area contributed by atoms with Crippen LogP contribution in [0.1, 0.15) is 31.0 Å². The molecular formula is C14H18N4O. The van der Waals surface area contributed by atoms with E-state index in [1.807, 2.05) is 12.1 Å². The van der Waals surface area contributed by atoms with Crippen LogP contribution in [-0.2, 0) is 0 Å². The first kappa shape index (κ1) is 12.2. The maximum atomic E-state index is 12.0. The molecule has 19 heavy (non-hydrogen) atoms. The van der Waals surface area contributed by atoms with E-state index in [4.69, 9.17) is 0 Å². The van der Waals surface area contributed by atoms with Crippen molar-refractivity contribution in [1.29, 1.82) is 0 Å². The van der Waals surface area contributed by atoms with Crippen LogP contribution in [0, 0.1) is 0 Å². The Kier molecular flexibility index (Phi) is 3.21. The van der Waals surface area contributed by atoms with Crippen molar-refractivity contribution in [2.45, 2.75) is 25.3 Å². The fraction of sp³-hybridized carbons (Fsp3) is 0.429. The minimum absolute atomic E-state index is 0.0471. The van der Waals surface area contributed by atoms with Gasteiger partial charge in [0, 0.05) is 24.9 Å². The maximum Gasteiger partial charge on any atom is 0.272 e. The molecule has 5 heteroatoms. The van der Waals surface area contributed by atoms with Crippen molar-refractivity contribution in [1.82, 2.24) is 19.5 Å². The molecule has 1 aliphatic heterocycles. The van der Waals surface area contributed by atoms with E-state index >= 15 is 0 Å². The lowest BCUT2D eigenvalue weighted by Crippen LogP contribution is -2.34. The monoisotopic (exact) mass is 258 g/mol. The van der Waals surface area contributed by atoms with Gasteiger partial charge >= 0.3 is 0 Å². The van der Waals surface area contributed by atoms with E-state index < -0.39 is 0 Å². The molecule has 2 aromatic rings. The number of fused-ring (bicyclic) bond motifs is 1. The number of likely N-dealkylation sites (tertiary alicyclic amines) is 1. The minimum atomic E-state index is -0.0471. The third-order valence-electron chi connectivity index (χ3n) is 3.72. The fourth-order valence-electron chi connectivity index (χ4n) is 2.83. The highest BCUT2D eigenvalue weighted by Gasteiger charge is 2.24. The van der Waals surface area contributed by atoms with Gasteiger partial charge in [-0.25, -0.2) is 9.50 Å². The molecule has 0 aromatic carbocycles. The van der Waals surface area contributed by atoms with Crippen molar-refractivity contribution < 1.29 is 0 Å². The molecule has 0 amide bonds. The van der Waals surface area contributed by atoms with Crippen molar-refractivity contribution in [2.75, 3.05) is 13.1 Å². The molecule has 1 N–H and O–H groups in total. The standard InChI is InChI=1S/C14H18N4O/c1-2-8-17-9-4-3-5-12(17)11-10-14(19)18-13(16-11)6-7-15-18/h2,6-7,10,12,15H,1,3-5,8-9H2. The van der Waals surface area contributed by atoms with Gasteiger partial charge in [0.25, 0.3) is 5.56 Å². The first-order chi connectivity index (χ1) is 9.29. The summed E-state index contributed by atoms with van der Waals surface area (Å²) in [5.74, 6) is 0. The highest BCUT2D eigenvalue weighted by molar-refractivity contribution is 5.37. The van der Waals surface area contributed by atoms with Crippen molar-refractivity contribution in [3.8, 4) is 0 Å². The fourth-order valence-corrected chi connectivity index (χ4v) is 2.83. The Morgan fingerprint density at radius 3 is 3.26 bits per heavy atom. The van der Waals surface area contributed by atoms with Crippen molar-refractivity contribution in [2.24, 2.45) is 0 Å². The van der Waals surface area contributed by atoms with Gasteiger partial charge in [0.1, 0.15) is 0 Å². The number of H-pyrrole nitrogens is 1. The van der Waals surface area contributed by atoms with Gasteiger partial charge in [-0.2, -0.15) is 0 Å². The second-order valence-corrected chi connectivity index (χ2v) is 4.97. The summed E-state index contributed by atoms with van der Waals surface area (Å²) in [6.07, 6.45) is 7.10. The second-order valence-electron chi connectivity index (χ2n) is 4.97. The predicted molar refractivity (Wildman–Crippen MR) is 74.2 cm³/mol. The Bertz CT molecular complexity index is 642. The molecule has 0 bridgehead atoms. The number of hydrogen-bond acceptors (Lipinski definition) is 3. The van der Waals surface area contributed by atoms with Crippen LogP contribution >= 0.6 is 0 Å². The molecule has 100 valence electrons. The van der Waals surface area contributed by atoms with Crippen LogP contribution in [0.25, 0.3) is 5.65 Å². The zero-order valence-corrected chi connectivity index (χ0v) is 10.9. The lowest BCUT2D eigenvalue weighted by Gasteiger charge is -2.34. The molecule has 1 atom stereocenters. The van der Waals surface area contributed by atoms with Gasteiger partial charge in [-0.15, -0.1) is 6.58 Å². The molecule has 0 saturated carbocycles. The zero-order valence-electron chi connectivity index (χ0n) is 10.9. The molecule has 3 heterocycles. The van der Waals surface area contributed by atoms with Gasteiger partial charge in [-0.3, -0.25) is 14.8 Å². The molecule has 0 spiro atoms. The first-order valence-electron chi connectivity index (χ1n) is 6.71. The maximum absolute atomic E-state index is 12.0. The Hall–Kier alpha value is -1.88. The number of nitrogens with zero attached hydrogens (tertiary/aromatic N) is 3. The first-order valence-corrected chi connectivity index (χ1v) is 6.71. The largest absolute Gasteiger partial charge is 0.297 e. The lowest BCUT2D eigenvalue weighted by atomic mass is 9.99. The summed E-state index contributed by atoms with van der Waals surface area (Å²) >= 11 is 0. The number of piperidine rings is 1. The number of aromatic nitrogens is 3. The normalized spacial score (nSPS) is 20.7. The third kappa shape index (κ3) is 2.21. The third-order valence-corrected chi connectivity index (χ3v) is 3.72. The van der Waals surface area contributed by atoms with Crippen LogP contribution in [0.2, 0.25) is 0 Å². The van der Waals surface area contributed by atoms with Gasteiger partial charge in [0.05, 0.1) is 11.7 Å². The van der Waals surface area contributed by atoms with Gasteiger partial charge in [0.15, 0.2) is 5.65 Å². The van der Waals surface area contributed by atoms with Gasteiger partial charge in [-0.05, 0) is 19.4 Å². The van der Waals surface area contributed by atoms with Crippen LogP contribution in [0.3, 0.4) is 0 Å². The van der Waals surface area contributed by atoms with E-state index in [2.05, 4.69) is 21.6 Å². The van der Waals surface area contributed by atoms with Crippen molar-refractivity contribution in [3.05, 3.63) is 47.0 Å². The smallest absolute Gasteiger partial charge is 0.272 e. The van der Waals surface area contributed by atoms with E-state index in [9.17, 15) is 4.79 Å². The number of aromatic amines is 1. The molecule has 1 fully saturated rings. The molecule has 0 aliphatic carbocycles. The van der Waals surface area contributed by atoms with E-state index in [0.29, 0.717) is 5.65 Å². The summed E-state index contributed by atoms with van der Waals surface area (Å²) in [4.78, 5) is 19.0. The zero-order chi connectivity index (χ0) is 13.2. The number of hydrogen-bond donors (Lipinski definition) is 1. The van der Waals surface area contributed by atoms with Gasteiger partial charge < -0.3 is 0 Å². The molecular weight excluding hydrogens is 240 g/mol. The summed E-state index contributed by atoms with van der Waals surface area (Å²) in [7, 11) is 0. The summed E-state index contributed by atoms with van der Waals surface area (Å²) in [6, 6.07) is 3.71. The quantitative estimate of drug-likeness (QED) is 0.853. The Morgan fingerprint density at radius 1 is 1.53 bits per heavy atom. The Morgan fingerprint density at radius 2 is 2.42 bits per heavy atom. The van der Waals surface area contributed by atoms with E-state index in [1.165, 1.54) is 17.4 Å².